The van der Waals surface area contributed by atoms with E-state index < -0.39 is 21.0 Å². The van der Waals surface area contributed by atoms with Crippen molar-refractivity contribution in [2.45, 2.75) is 39.1 Å². The molecule has 0 bridgehead atoms. The molecular formula is C11H15F3O4S. The summed E-state index contributed by atoms with van der Waals surface area (Å²) in [5, 5.41) is 0. The number of hydrogen-bond acceptors (Lipinski definition) is 4. The van der Waals surface area contributed by atoms with Crippen molar-refractivity contribution in [3.05, 3.63) is 11.3 Å². The first-order valence-corrected chi connectivity index (χ1v) is 7.06. The third-order valence-corrected chi connectivity index (χ3v) is 4.11. The largest absolute Gasteiger partial charge is 0.534 e. The van der Waals surface area contributed by atoms with Gasteiger partial charge >= 0.3 is 15.6 Å². The zero-order chi connectivity index (χ0) is 15.1. The summed E-state index contributed by atoms with van der Waals surface area (Å²) in [6, 6.07) is 0. The highest BCUT2D eigenvalue weighted by Crippen LogP contribution is 2.46. The molecule has 1 rings (SSSR count). The Bertz CT molecular complexity index is 505. The molecule has 0 fully saturated rings. The molecule has 0 aromatic rings. The first-order chi connectivity index (χ1) is 8.44. The summed E-state index contributed by atoms with van der Waals surface area (Å²) >= 11 is 0. The van der Waals surface area contributed by atoms with Crippen LogP contribution in [0.2, 0.25) is 0 Å². The molecule has 1 aliphatic carbocycles. The van der Waals surface area contributed by atoms with E-state index in [1.54, 1.807) is 13.8 Å². The predicted molar refractivity (Wildman–Crippen MR) is 61.3 cm³/mol. The highest BCUT2D eigenvalue weighted by atomic mass is 32.2. The zero-order valence-corrected chi connectivity index (χ0v) is 11.6. The van der Waals surface area contributed by atoms with Crippen LogP contribution in [0.3, 0.4) is 0 Å². The van der Waals surface area contributed by atoms with Crippen molar-refractivity contribution in [1.82, 2.24) is 0 Å². The lowest BCUT2D eigenvalue weighted by molar-refractivity contribution is -0.114. The quantitative estimate of drug-likeness (QED) is 0.455. The second kappa shape index (κ2) is 4.81. The fourth-order valence-corrected chi connectivity index (χ4v) is 2.57. The Kier molecular flexibility index (Phi) is 4.05. The van der Waals surface area contributed by atoms with E-state index in [9.17, 15) is 26.4 Å². The van der Waals surface area contributed by atoms with Gasteiger partial charge in [0.05, 0.1) is 5.41 Å². The molecule has 1 atom stereocenters. The van der Waals surface area contributed by atoms with Gasteiger partial charge < -0.3 is 8.98 Å². The fraction of sp³-hybridized carbons (Fsp3) is 0.727. The minimum atomic E-state index is -5.75. The fourth-order valence-electron chi connectivity index (χ4n) is 1.96. The molecule has 4 nitrogen and oxygen atoms in total. The molecule has 1 aliphatic rings. The molecular weight excluding hydrogens is 285 g/mol. The first kappa shape index (κ1) is 16.0. The number of allylic oxidation sites excluding steroid dienone is 2. The summed E-state index contributed by atoms with van der Waals surface area (Å²) in [5.74, 6) is -0.574. The minimum absolute atomic E-state index is 0.194. The molecule has 19 heavy (non-hydrogen) atoms. The second-order valence-corrected chi connectivity index (χ2v) is 6.57. The molecule has 0 heterocycles. The molecule has 8 heteroatoms. The van der Waals surface area contributed by atoms with E-state index in [1.165, 1.54) is 6.92 Å². The molecule has 0 unspecified atom stereocenters. The van der Waals surface area contributed by atoms with E-state index in [2.05, 4.69) is 4.18 Å². The number of carbonyl (C=O) groups excluding carboxylic acids is 1. The summed E-state index contributed by atoms with van der Waals surface area (Å²) < 4.78 is 63.4. The molecule has 0 aromatic heterocycles. The van der Waals surface area contributed by atoms with E-state index in [4.69, 9.17) is 0 Å². The van der Waals surface area contributed by atoms with Crippen LogP contribution in [-0.4, -0.2) is 20.2 Å². The van der Waals surface area contributed by atoms with Gasteiger partial charge in [0.15, 0.2) is 0 Å². The average molecular weight is 300 g/mol. The van der Waals surface area contributed by atoms with Gasteiger partial charge in [0.2, 0.25) is 0 Å². The highest BCUT2D eigenvalue weighted by Gasteiger charge is 2.52. The van der Waals surface area contributed by atoms with Crippen LogP contribution in [0.5, 0.6) is 0 Å². The van der Waals surface area contributed by atoms with E-state index in [1.807, 2.05) is 0 Å². The molecule has 0 aliphatic heterocycles. The van der Waals surface area contributed by atoms with Gasteiger partial charge in [-0.3, -0.25) is 0 Å². The van der Waals surface area contributed by atoms with Crippen molar-refractivity contribution < 1.29 is 30.6 Å². The molecule has 110 valence electrons. The molecule has 0 spiro atoms. The van der Waals surface area contributed by atoms with Gasteiger partial charge in [0.1, 0.15) is 12.0 Å². The Hall–Kier alpha value is -1.05. The lowest BCUT2D eigenvalue weighted by atomic mass is 9.90. The Labute approximate surface area is 109 Å². The summed E-state index contributed by atoms with van der Waals surface area (Å²) in [6.07, 6.45) is 1.02. The number of carbonyl (C=O) groups is 1. The number of hydrogen-bond donors (Lipinski definition) is 0. The van der Waals surface area contributed by atoms with Crippen molar-refractivity contribution in [3.63, 3.8) is 0 Å². The summed E-state index contributed by atoms with van der Waals surface area (Å²) in [7, 11) is -5.75. The molecule has 0 saturated heterocycles. The maximum Gasteiger partial charge on any atom is 0.534 e. The van der Waals surface area contributed by atoms with Crippen LogP contribution < -0.4 is 0 Å². The third-order valence-electron chi connectivity index (χ3n) is 3.16. The van der Waals surface area contributed by atoms with Crippen LogP contribution in [0, 0.1) is 11.3 Å². The van der Waals surface area contributed by atoms with Crippen LogP contribution in [0.4, 0.5) is 13.2 Å². The monoisotopic (exact) mass is 300 g/mol. The van der Waals surface area contributed by atoms with Crippen LogP contribution >= 0.6 is 0 Å². The topological polar surface area (TPSA) is 60.4 Å². The maximum atomic E-state index is 12.3. The maximum absolute atomic E-state index is 12.3. The Morgan fingerprint density at radius 1 is 1.37 bits per heavy atom. The normalized spacial score (nSPS) is 25.0. The lowest BCUT2D eigenvalue weighted by Gasteiger charge is -2.22. The van der Waals surface area contributed by atoms with E-state index >= 15 is 0 Å². The summed E-state index contributed by atoms with van der Waals surface area (Å²) in [6.45, 7) is 4.78. The smallest absolute Gasteiger partial charge is 0.380 e. The van der Waals surface area contributed by atoms with Gasteiger partial charge in [-0.05, 0) is 31.3 Å². The molecule has 0 saturated carbocycles. The van der Waals surface area contributed by atoms with E-state index in [-0.39, 0.29) is 18.1 Å². The molecule has 0 radical (unpaired) electrons. The Morgan fingerprint density at radius 2 is 1.89 bits per heavy atom. The number of alkyl halides is 3. The highest BCUT2D eigenvalue weighted by molar-refractivity contribution is 7.87. The van der Waals surface area contributed by atoms with E-state index in [0.29, 0.717) is 18.3 Å². The van der Waals surface area contributed by atoms with Gasteiger partial charge in [-0.25, -0.2) is 0 Å². The van der Waals surface area contributed by atoms with Crippen molar-refractivity contribution in [1.29, 1.82) is 0 Å². The lowest BCUT2D eigenvalue weighted by Crippen LogP contribution is -2.29. The standard InChI is InChI=1S/C11H15F3O4S/c1-7(2)8-4-5-10(3,6-15)9(8)18-19(16,17)11(12,13)14/h6-7H,4-5H2,1-3H3/t10-/m1/s1. The molecule has 0 aromatic carbocycles. The van der Waals surface area contributed by atoms with Crippen molar-refractivity contribution in [2.24, 2.45) is 11.3 Å². The average Bonchev–Trinajstić information content (AvgIpc) is 2.55. The molecule has 0 N–H and O–H groups in total. The third kappa shape index (κ3) is 2.93. The number of aldehydes is 1. The van der Waals surface area contributed by atoms with Gasteiger partial charge in [-0.2, -0.15) is 21.6 Å². The first-order valence-electron chi connectivity index (χ1n) is 5.65. The Morgan fingerprint density at radius 3 is 2.26 bits per heavy atom. The minimum Gasteiger partial charge on any atom is -0.380 e. The van der Waals surface area contributed by atoms with E-state index in [0.717, 1.165) is 0 Å². The van der Waals surface area contributed by atoms with Gasteiger partial charge in [0, 0.05) is 0 Å². The van der Waals surface area contributed by atoms with Crippen LogP contribution in [0.1, 0.15) is 33.6 Å². The number of rotatable bonds is 4. The number of halogens is 3. The summed E-state index contributed by atoms with van der Waals surface area (Å²) in [4.78, 5) is 11.1. The second-order valence-electron chi connectivity index (χ2n) is 5.03. The van der Waals surface area contributed by atoms with Gasteiger partial charge in [0.25, 0.3) is 0 Å². The van der Waals surface area contributed by atoms with Crippen LogP contribution in [-0.2, 0) is 19.1 Å². The van der Waals surface area contributed by atoms with Gasteiger partial charge in [-0.15, -0.1) is 0 Å². The van der Waals surface area contributed by atoms with Gasteiger partial charge in [-0.1, -0.05) is 13.8 Å². The van der Waals surface area contributed by atoms with Crippen molar-refractivity contribution in [2.75, 3.05) is 0 Å². The molecule has 0 amide bonds. The van der Waals surface area contributed by atoms with Crippen molar-refractivity contribution >= 4 is 16.4 Å². The van der Waals surface area contributed by atoms with Crippen molar-refractivity contribution in [3.8, 4) is 0 Å². The van der Waals surface area contributed by atoms with Crippen LogP contribution in [0.15, 0.2) is 11.3 Å². The Balaban J connectivity index is 3.27. The van der Waals surface area contributed by atoms with Crippen LogP contribution in [0.25, 0.3) is 0 Å². The zero-order valence-electron chi connectivity index (χ0n) is 10.7. The summed E-state index contributed by atoms with van der Waals surface area (Å²) in [5.41, 5.74) is -6.39. The SMILES string of the molecule is CC(C)C1=C(OS(=O)(=O)C(F)(F)F)[C@@](C)(C=O)CC1. The predicted octanol–water partition coefficient (Wildman–Crippen LogP) is 2.76.